The number of hydrogen-bond acceptors (Lipinski definition) is 8. The largest absolute Gasteiger partial charge is 0.296 e. The molecular formula is C14H36N8. The second-order valence-corrected chi connectivity index (χ2v) is 5.86. The highest BCUT2D eigenvalue weighted by Gasteiger charge is 2.31. The Labute approximate surface area is 135 Å². The summed E-state index contributed by atoms with van der Waals surface area (Å²) in [7, 11) is 11.9. The molecule has 8 nitrogen and oxygen atoms in total. The minimum absolute atomic E-state index is 0.229. The van der Waals surface area contributed by atoms with Crippen molar-refractivity contribution in [2.24, 2.45) is 0 Å². The Balaban J connectivity index is 2.49. The van der Waals surface area contributed by atoms with E-state index in [0.717, 1.165) is 39.3 Å². The predicted octanol–water partition coefficient (Wildman–Crippen LogP) is -2.77. The van der Waals surface area contributed by atoms with E-state index in [9.17, 15) is 0 Å². The Morgan fingerprint density at radius 3 is 0.955 bits per heavy atom. The van der Waals surface area contributed by atoms with Gasteiger partial charge >= 0.3 is 0 Å². The summed E-state index contributed by atoms with van der Waals surface area (Å²) in [6.07, 6.45) is 0. The fourth-order valence-electron chi connectivity index (χ4n) is 3.00. The quantitative estimate of drug-likeness (QED) is 0.242. The zero-order valence-corrected chi connectivity index (χ0v) is 15.1. The van der Waals surface area contributed by atoms with Gasteiger partial charge in [0.1, 0.15) is 11.6 Å². The predicted molar refractivity (Wildman–Crippen MR) is 92.7 cm³/mol. The molecule has 132 valence electrons. The van der Waals surface area contributed by atoms with Crippen molar-refractivity contribution in [2.45, 2.75) is 11.6 Å². The Bertz CT molecular complexity index is 249. The highest BCUT2D eigenvalue weighted by Crippen LogP contribution is 2.08. The Morgan fingerprint density at radius 1 is 0.545 bits per heavy atom. The van der Waals surface area contributed by atoms with Crippen LogP contribution < -0.4 is 31.9 Å². The summed E-state index contributed by atoms with van der Waals surface area (Å²) in [6, 6.07) is 0. The normalized spacial score (nSPS) is 18.8. The first-order chi connectivity index (χ1) is 10.5. The van der Waals surface area contributed by atoms with Crippen LogP contribution in [0.1, 0.15) is 0 Å². The van der Waals surface area contributed by atoms with E-state index in [4.69, 9.17) is 0 Å². The lowest BCUT2D eigenvalue weighted by atomic mass is 10.2. The van der Waals surface area contributed by atoms with Gasteiger partial charge < -0.3 is 0 Å². The molecule has 6 N–H and O–H groups in total. The summed E-state index contributed by atoms with van der Waals surface area (Å²) in [4.78, 5) is 4.97. The lowest BCUT2D eigenvalue weighted by Crippen LogP contribution is -2.71. The summed E-state index contributed by atoms with van der Waals surface area (Å²) < 4.78 is 0. The molecule has 1 aliphatic rings. The molecule has 0 atom stereocenters. The summed E-state index contributed by atoms with van der Waals surface area (Å²) >= 11 is 0. The van der Waals surface area contributed by atoms with Crippen molar-refractivity contribution < 1.29 is 0 Å². The molecule has 1 heterocycles. The van der Waals surface area contributed by atoms with E-state index < -0.39 is 0 Å². The topological polar surface area (TPSA) is 78.7 Å². The van der Waals surface area contributed by atoms with Gasteiger partial charge in [-0.1, -0.05) is 0 Å². The number of piperazine rings is 1. The molecule has 1 rings (SSSR count). The second kappa shape index (κ2) is 9.09. The highest BCUT2D eigenvalue weighted by molar-refractivity contribution is 4.88. The van der Waals surface area contributed by atoms with E-state index in [1.54, 1.807) is 0 Å². The zero-order chi connectivity index (χ0) is 16.6. The second-order valence-electron chi connectivity index (χ2n) is 5.86. The number of rotatable bonds is 10. The Morgan fingerprint density at radius 2 is 0.773 bits per heavy atom. The molecule has 0 amide bonds. The number of likely N-dealkylation sites (N-methyl/N-ethyl adjacent to an activating group) is 6. The van der Waals surface area contributed by atoms with Crippen molar-refractivity contribution >= 4 is 0 Å². The molecule has 0 saturated carbocycles. The van der Waals surface area contributed by atoms with E-state index in [-0.39, 0.29) is 11.6 Å². The number of nitrogens with one attached hydrogen (secondary N) is 6. The van der Waals surface area contributed by atoms with Crippen LogP contribution in [0.25, 0.3) is 0 Å². The maximum atomic E-state index is 3.33. The van der Waals surface area contributed by atoms with Crippen molar-refractivity contribution in [3.8, 4) is 0 Å². The first kappa shape index (κ1) is 19.7. The SMILES string of the molecule is CNC(CN1CCN(CC(NC)(NC)NC)CC1)(NC)NC. The smallest absolute Gasteiger partial charge is 0.135 e. The molecule has 1 fully saturated rings. The first-order valence-electron chi connectivity index (χ1n) is 8.10. The lowest BCUT2D eigenvalue weighted by Gasteiger charge is -2.44. The fourth-order valence-corrected chi connectivity index (χ4v) is 3.00. The molecule has 0 aromatic heterocycles. The van der Waals surface area contributed by atoms with Gasteiger partial charge in [0.05, 0.1) is 0 Å². The van der Waals surface area contributed by atoms with Crippen LogP contribution in [0.4, 0.5) is 0 Å². The van der Waals surface area contributed by atoms with Crippen LogP contribution in [0.3, 0.4) is 0 Å². The van der Waals surface area contributed by atoms with Gasteiger partial charge in [-0.25, -0.2) is 0 Å². The minimum atomic E-state index is -0.229. The van der Waals surface area contributed by atoms with Gasteiger partial charge in [0, 0.05) is 39.3 Å². The standard InChI is InChI=1S/C14H36N8/c1-15-13(16-2,17-3)11-21-7-9-22(10-8-21)12-14(18-4,19-5)20-6/h15-20H,7-12H2,1-6H3. The van der Waals surface area contributed by atoms with Crippen LogP contribution in [0.15, 0.2) is 0 Å². The van der Waals surface area contributed by atoms with Gasteiger partial charge in [-0.3, -0.25) is 41.7 Å². The van der Waals surface area contributed by atoms with Gasteiger partial charge in [0.2, 0.25) is 0 Å². The molecule has 0 bridgehead atoms. The van der Waals surface area contributed by atoms with Crippen molar-refractivity contribution in [2.75, 3.05) is 81.6 Å². The average molecular weight is 316 g/mol. The third-order valence-corrected chi connectivity index (χ3v) is 4.95. The van der Waals surface area contributed by atoms with Crippen LogP contribution in [-0.2, 0) is 0 Å². The molecule has 1 aliphatic heterocycles. The van der Waals surface area contributed by atoms with E-state index >= 15 is 0 Å². The maximum Gasteiger partial charge on any atom is 0.135 e. The van der Waals surface area contributed by atoms with E-state index in [1.165, 1.54) is 0 Å². The van der Waals surface area contributed by atoms with Gasteiger partial charge in [-0.2, -0.15) is 0 Å². The highest BCUT2D eigenvalue weighted by atomic mass is 15.4. The van der Waals surface area contributed by atoms with Crippen molar-refractivity contribution in [1.82, 2.24) is 41.7 Å². The lowest BCUT2D eigenvalue weighted by molar-refractivity contribution is 0.0570. The van der Waals surface area contributed by atoms with Gasteiger partial charge in [0.25, 0.3) is 0 Å². The van der Waals surface area contributed by atoms with Crippen LogP contribution in [0, 0.1) is 0 Å². The van der Waals surface area contributed by atoms with Gasteiger partial charge in [-0.15, -0.1) is 0 Å². The molecule has 8 heteroatoms. The minimum Gasteiger partial charge on any atom is -0.296 e. The number of hydrogen-bond donors (Lipinski definition) is 6. The molecule has 0 unspecified atom stereocenters. The Hall–Kier alpha value is -0.320. The average Bonchev–Trinajstić information content (AvgIpc) is 2.59. The maximum absolute atomic E-state index is 3.33. The molecular weight excluding hydrogens is 280 g/mol. The van der Waals surface area contributed by atoms with E-state index in [2.05, 4.69) is 41.7 Å². The van der Waals surface area contributed by atoms with Crippen LogP contribution in [-0.4, -0.2) is 103 Å². The summed E-state index contributed by atoms with van der Waals surface area (Å²) in [5, 5.41) is 20.0. The molecule has 0 aromatic carbocycles. The molecule has 0 aromatic rings. The summed E-state index contributed by atoms with van der Waals surface area (Å²) in [6.45, 7) is 6.14. The zero-order valence-electron chi connectivity index (χ0n) is 15.1. The first-order valence-corrected chi connectivity index (χ1v) is 8.10. The van der Waals surface area contributed by atoms with Gasteiger partial charge in [0.15, 0.2) is 0 Å². The molecule has 0 aliphatic carbocycles. The third kappa shape index (κ3) is 4.84. The van der Waals surface area contributed by atoms with Crippen LogP contribution in [0.5, 0.6) is 0 Å². The molecule has 22 heavy (non-hydrogen) atoms. The fraction of sp³-hybridized carbons (Fsp3) is 1.00. The van der Waals surface area contributed by atoms with Crippen molar-refractivity contribution in [1.29, 1.82) is 0 Å². The van der Waals surface area contributed by atoms with E-state index in [0.29, 0.717) is 0 Å². The molecule has 1 saturated heterocycles. The monoisotopic (exact) mass is 316 g/mol. The summed E-state index contributed by atoms with van der Waals surface area (Å²) in [5.41, 5.74) is 0. The number of nitrogens with zero attached hydrogens (tertiary/aromatic N) is 2. The van der Waals surface area contributed by atoms with Gasteiger partial charge in [-0.05, 0) is 42.3 Å². The summed E-state index contributed by atoms with van der Waals surface area (Å²) in [5.74, 6) is -0.459. The van der Waals surface area contributed by atoms with Crippen LogP contribution >= 0.6 is 0 Å². The molecule has 0 spiro atoms. The Kier molecular flexibility index (Phi) is 8.15. The van der Waals surface area contributed by atoms with Crippen LogP contribution in [0.2, 0.25) is 0 Å². The van der Waals surface area contributed by atoms with Crippen molar-refractivity contribution in [3.05, 3.63) is 0 Å². The third-order valence-electron chi connectivity index (χ3n) is 4.95. The molecule has 0 radical (unpaired) electrons. The van der Waals surface area contributed by atoms with Crippen molar-refractivity contribution in [3.63, 3.8) is 0 Å². The van der Waals surface area contributed by atoms with E-state index in [1.807, 2.05) is 42.3 Å².